The van der Waals surface area contributed by atoms with Crippen LogP contribution in [0.2, 0.25) is 0 Å². The Hall–Kier alpha value is -0.460. The Balaban J connectivity index is 3.05. The molecule has 0 heterocycles. The summed E-state index contributed by atoms with van der Waals surface area (Å²) >= 11 is 0. The summed E-state index contributed by atoms with van der Waals surface area (Å²) in [6, 6.07) is 0. The van der Waals surface area contributed by atoms with Gasteiger partial charge >= 0.3 is 12.4 Å². The van der Waals surface area contributed by atoms with E-state index in [4.69, 9.17) is 0 Å². The Labute approximate surface area is 120 Å². The molecule has 4 unspecified atom stereocenters. The summed E-state index contributed by atoms with van der Waals surface area (Å²) in [6.07, 6.45) is -9.30. The molecule has 1 aliphatic carbocycles. The van der Waals surface area contributed by atoms with Gasteiger partial charge in [-0.25, -0.2) is 0 Å². The van der Waals surface area contributed by atoms with Crippen LogP contribution in [0.3, 0.4) is 0 Å². The van der Waals surface area contributed by atoms with E-state index >= 15 is 0 Å². The Morgan fingerprint density at radius 1 is 0.762 bits per heavy atom. The van der Waals surface area contributed by atoms with Gasteiger partial charge in [0.25, 0.3) is 0 Å². The minimum Gasteiger partial charge on any atom is -0.380 e. The minimum absolute atomic E-state index is 0.0803. The number of halogens is 6. The molecule has 126 valence electrons. The monoisotopic (exact) mass is 320 g/mol. The second kappa shape index (κ2) is 5.32. The van der Waals surface area contributed by atoms with E-state index in [1.165, 1.54) is 0 Å². The van der Waals surface area contributed by atoms with Crippen LogP contribution in [0, 0.1) is 23.2 Å². The number of hydrogen-bond donors (Lipinski definition) is 1. The van der Waals surface area contributed by atoms with Gasteiger partial charge in [-0.15, -0.1) is 0 Å². The van der Waals surface area contributed by atoms with Crippen molar-refractivity contribution >= 4 is 0 Å². The molecule has 1 aliphatic rings. The zero-order valence-electron chi connectivity index (χ0n) is 12.6. The molecule has 1 rings (SSSR count). The maximum Gasteiger partial charge on any atom is 0.417 e. The highest BCUT2D eigenvalue weighted by Gasteiger charge is 2.59. The van der Waals surface area contributed by atoms with Gasteiger partial charge in [-0.2, -0.15) is 26.3 Å². The minimum atomic E-state index is -4.85. The van der Waals surface area contributed by atoms with Crippen LogP contribution < -0.4 is 0 Å². The summed E-state index contributed by atoms with van der Waals surface area (Å²) in [7, 11) is 0. The van der Waals surface area contributed by atoms with Gasteiger partial charge in [0.15, 0.2) is 5.60 Å². The molecular formula is C14H22F6O. The fourth-order valence-electron chi connectivity index (χ4n) is 3.11. The predicted octanol–water partition coefficient (Wildman–Crippen LogP) is 4.94. The molecule has 0 spiro atoms. The van der Waals surface area contributed by atoms with Crippen molar-refractivity contribution in [3.05, 3.63) is 0 Å². The zero-order chi connectivity index (χ0) is 16.9. The summed E-state index contributed by atoms with van der Waals surface area (Å²) in [6.45, 7) is 4.34. The highest BCUT2D eigenvalue weighted by molar-refractivity contribution is 4.97. The molecule has 1 saturated carbocycles. The van der Waals surface area contributed by atoms with Gasteiger partial charge < -0.3 is 5.11 Å². The lowest BCUT2D eigenvalue weighted by Gasteiger charge is -2.47. The SMILES string of the molecule is CC1CC(C(C)(C)C(F)(F)F)CC(C(C)(O)C(F)(F)F)C1. The summed E-state index contributed by atoms with van der Waals surface area (Å²) in [4.78, 5) is 0. The molecule has 0 amide bonds. The largest absolute Gasteiger partial charge is 0.417 e. The number of alkyl halides is 6. The van der Waals surface area contributed by atoms with Gasteiger partial charge in [0.2, 0.25) is 0 Å². The van der Waals surface area contributed by atoms with E-state index in [-0.39, 0.29) is 25.2 Å². The van der Waals surface area contributed by atoms with Crippen molar-refractivity contribution in [1.29, 1.82) is 0 Å². The smallest absolute Gasteiger partial charge is 0.380 e. The normalized spacial score (nSPS) is 31.9. The second-order valence-corrected chi connectivity index (χ2v) is 7.07. The highest BCUT2D eigenvalue weighted by Crippen LogP contribution is 2.54. The summed E-state index contributed by atoms with van der Waals surface area (Å²) in [5.74, 6) is -2.43. The molecule has 21 heavy (non-hydrogen) atoms. The molecule has 0 aliphatic heterocycles. The molecular weight excluding hydrogens is 298 g/mol. The van der Waals surface area contributed by atoms with Crippen molar-refractivity contribution in [2.45, 2.75) is 64.9 Å². The van der Waals surface area contributed by atoms with Crippen molar-refractivity contribution in [1.82, 2.24) is 0 Å². The third-order valence-corrected chi connectivity index (χ3v) is 5.06. The molecule has 0 radical (unpaired) electrons. The molecule has 0 aromatic heterocycles. The molecule has 0 bridgehead atoms. The summed E-state index contributed by atoms with van der Waals surface area (Å²) in [5.41, 5.74) is -5.02. The maximum atomic E-state index is 13.1. The van der Waals surface area contributed by atoms with E-state index in [1.54, 1.807) is 6.92 Å². The van der Waals surface area contributed by atoms with Crippen molar-refractivity contribution in [2.75, 3.05) is 0 Å². The average Bonchev–Trinajstić information content (AvgIpc) is 2.24. The number of hydrogen-bond acceptors (Lipinski definition) is 1. The van der Waals surface area contributed by atoms with E-state index in [0.717, 1.165) is 13.8 Å². The van der Waals surface area contributed by atoms with Crippen LogP contribution in [-0.2, 0) is 0 Å². The fourth-order valence-corrected chi connectivity index (χ4v) is 3.11. The molecule has 1 nitrogen and oxygen atoms in total. The first-order valence-electron chi connectivity index (χ1n) is 6.96. The molecule has 4 atom stereocenters. The summed E-state index contributed by atoms with van der Waals surface area (Å²) in [5, 5.41) is 9.77. The van der Waals surface area contributed by atoms with Crippen molar-refractivity contribution in [3.63, 3.8) is 0 Å². The van der Waals surface area contributed by atoms with Crippen LogP contribution >= 0.6 is 0 Å². The van der Waals surface area contributed by atoms with Gasteiger partial charge in [-0.3, -0.25) is 0 Å². The number of aliphatic hydroxyl groups is 1. The number of rotatable bonds is 2. The quantitative estimate of drug-likeness (QED) is 0.715. The molecule has 0 aromatic rings. The van der Waals surface area contributed by atoms with Gasteiger partial charge in [-0.05, 0) is 43.9 Å². The Morgan fingerprint density at radius 3 is 1.57 bits per heavy atom. The molecule has 1 N–H and O–H groups in total. The maximum absolute atomic E-state index is 13.1. The van der Waals surface area contributed by atoms with Crippen LogP contribution in [0.15, 0.2) is 0 Å². The lowest BCUT2D eigenvalue weighted by Crippen LogP contribution is -2.53. The zero-order valence-corrected chi connectivity index (χ0v) is 12.6. The summed E-state index contributed by atoms with van der Waals surface area (Å²) < 4.78 is 78.1. The predicted molar refractivity (Wildman–Crippen MR) is 66.5 cm³/mol. The van der Waals surface area contributed by atoms with Crippen molar-refractivity contribution in [2.24, 2.45) is 23.2 Å². The van der Waals surface area contributed by atoms with Crippen LogP contribution in [-0.4, -0.2) is 23.1 Å². The standard InChI is InChI=1S/C14H22F6O/c1-8-5-9(11(2,3)13(15,16)17)7-10(6-8)12(4,21)14(18,19)20/h8-10,21H,5-7H2,1-4H3. The van der Waals surface area contributed by atoms with E-state index in [2.05, 4.69) is 0 Å². The van der Waals surface area contributed by atoms with Crippen LogP contribution in [0.1, 0.15) is 47.0 Å². The highest BCUT2D eigenvalue weighted by atomic mass is 19.4. The molecule has 0 saturated heterocycles. The van der Waals surface area contributed by atoms with Gasteiger partial charge in [0.05, 0.1) is 5.41 Å². The van der Waals surface area contributed by atoms with E-state index < -0.39 is 35.2 Å². The van der Waals surface area contributed by atoms with Gasteiger partial charge in [0, 0.05) is 0 Å². The lowest BCUT2D eigenvalue weighted by molar-refractivity contribution is -0.284. The fraction of sp³-hybridized carbons (Fsp3) is 1.00. The van der Waals surface area contributed by atoms with Gasteiger partial charge in [0.1, 0.15) is 0 Å². The first-order valence-corrected chi connectivity index (χ1v) is 6.96. The third kappa shape index (κ3) is 3.48. The van der Waals surface area contributed by atoms with Crippen LogP contribution in [0.4, 0.5) is 26.3 Å². The lowest BCUT2D eigenvalue weighted by atomic mass is 9.62. The second-order valence-electron chi connectivity index (χ2n) is 7.07. The van der Waals surface area contributed by atoms with Gasteiger partial charge in [-0.1, -0.05) is 20.8 Å². The first-order chi connectivity index (χ1) is 9.10. The Bertz CT molecular complexity index is 335. The van der Waals surface area contributed by atoms with E-state index in [0.29, 0.717) is 6.92 Å². The van der Waals surface area contributed by atoms with Crippen molar-refractivity contribution < 1.29 is 31.4 Å². The van der Waals surface area contributed by atoms with Crippen molar-refractivity contribution in [3.8, 4) is 0 Å². The topological polar surface area (TPSA) is 20.2 Å². The molecule has 0 aromatic carbocycles. The average molecular weight is 320 g/mol. The molecule has 1 fully saturated rings. The molecule has 7 heteroatoms. The van der Waals surface area contributed by atoms with Crippen LogP contribution in [0.5, 0.6) is 0 Å². The third-order valence-electron chi connectivity index (χ3n) is 5.06. The van der Waals surface area contributed by atoms with Crippen LogP contribution in [0.25, 0.3) is 0 Å². The van der Waals surface area contributed by atoms with E-state index in [1.807, 2.05) is 0 Å². The van der Waals surface area contributed by atoms with E-state index in [9.17, 15) is 31.4 Å². The Kier molecular flexibility index (Phi) is 4.71. The first kappa shape index (κ1) is 18.6. The Morgan fingerprint density at radius 2 is 1.19 bits per heavy atom.